The Balaban J connectivity index is 2.04. The fourth-order valence-corrected chi connectivity index (χ4v) is 2.65. The first-order valence-corrected chi connectivity index (χ1v) is 7.59. The van der Waals surface area contributed by atoms with Crippen LogP contribution in [-0.2, 0) is 4.79 Å². The molecule has 1 aliphatic heterocycles. The number of imidazole rings is 1. The normalized spacial score (nSPS) is 18.2. The highest BCUT2D eigenvalue weighted by atomic mass is 16.2. The third kappa shape index (κ3) is 3.60. The lowest BCUT2D eigenvalue weighted by molar-refractivity contribution is -0.124. The Morgan fingerprint density at radius 3 is 2.80 bits per heavy atom. The zero-order valence-electron chi connectivity index (χ0n) is 12.7. The molecule has 1 aliphatic rings. The zero-order valence-corrected chi connectivity index (χ0v) is 12.7. The minimum atomic E-state index is -0.193. The van der Waals surface area contributed by atoms with E-state index < -0.39 is 0 Å². The molecule has 1 amide bonds. The highest BCUT2D eigenvalue weighted by Gasteiger charge is 2.23. The van der Waals surface area contributed by atoms with Gasteiger partial charge in [0.15, 0.2) is 0 Å². The SMILES string of the molecule is CC(C)CNC(=O)C(C)n1cncc1C1CCNCC1. The van der Waals surface area contributed by atoms with E-state index in [0.717, 1.165) is 32.5 Å². The van der Waals surface area contributed by atoms with Crippen LogP contribution in [0.3, 0.4) is 0 Å². The summed E-state index contributed by atoms with van der Waals surface area (Å²) in [6, 6.07) is -0.193. The van der Waals surface area contributed by atoms with Crippen molar-refractivity contribution in [2.75, 3.05) is 19.6 Å². The summed E-state index contributed by atoms with van der Waals surface area (Å²) in [7, 11) is 0. The molecule has 1 saturated heterocycles. The molecule has 112 valence electrons. The van der Waals surface area contributed by atoms with Crippen molar-refractivity contribution in [2.24, 2.45) is 5.92 Å². The second-order valence-electron chi connectivity index (χ2n) is 6.07. The van der Waals surface area contributed by atoms with Gasteiger partial charge in [0, 0.05) is 24.4 Å². The highest BCUT2D eigenvalue weighted by molar-refractivity contribution is 5.79. The van der Waals surface area contributed by atoms with Crippen molar-refractivity contribution in [3.63, 3.8) is 0 Å². The molecule has 0 aromatic carbocycles. The van der Waals surface area contributed by atoms with E-state index in [4.69, 9.17) is 0 Å². The van der Waals surface area contributed by atoms with Gasteiger partial charge in [0.05, 0.1) is 6.33 Å². The van der Waals surface area contributed by atoms with E-state index in [1.807, 2.05) is 17.7 Å². The van der Waals surface area contributed by atoms with Crippen molar-refractivity contribution in [2.45, 2.75) is 45.6 Å². The lowest BCUT2D eigenvalue weighted by Crippen LogP contribution is -2.34. The van der Waals surface area contributed by atoms with Crippen LogP contribution in [0.25, 0.3) is 0 Å². The average Bonchev–Trinajstić information content (AvgIpc) is 2.94. The van der Waals surface area contributed by atoms with Gasteiger partial charge in [-0.25, -0.2) is 4.98 Å². The van der Waals surface area contributed by atoms with Gasteiger partial charge in [-0.15, -0.1) is 0 Å². The van der Waals surface area contributed by atoms with Crippen molar-refractivity contribution in [1.29, 1.82) is 0 Å². The summed E-state index contributed by atoms with van der Waals surface area (Å²) in [5.74, 6) is 1.06. The van der Waals surface area contributed by atoms with E-state index in [2.05, 4.69) is 29.5 Å². The van der Waals surface area contributed by atoms with Crippen LogP contribution in [0.1, 0.15) is 51.3 Å². The van der Waals surface area contributed by atoms with Crippen molar-refractivity contribution in [1.82, 2.24) is 20.2 Å². The number of hydrogen-bond acceptors (Lipinski definition) is 3. The van der Waals surface area contributed by atoms with E-state index in [1.54, 1.807) is 6.33 Å². The molecule has 1 atom stereocenters. The lowest BCUT2D eigenvalue weighted by Gasteiger charge is -2.25. The van der Waals surface area contributed by atoms with Crippen LogP contribution in [0.15, 0.2) is 12.5 Å². The third-order valence-corrected chi connectivity index (χ3v) is 3.93. The fraction of sp³-hybridized carbons (Fsp3) is 0.733. The number of rotatable bonds is 5. The Labute approximate surface area is 121 Å². The predicted molar refractivity (Wildman–Crippen MR) is 79.6 cm³/mol. The largest absolute Gasteiger partial charge is 0.354 e. The molecule has 5 nitrogen and oxygen atoms in total. The second kappa shape index (κ2) is 6.88. The van der Waals surface area contributed by atoms with Gasteiger partial charge < -0.3 is 15.2 Å². The Morgan fingerprint density at radius 1 is 1.45 bits per heavy atom. The summed E-state index contributed by atoms with van der Waals surface area (Å²) in [6.45, 7) is 8.96. The molecule has 5 heteroatoms. The molecule has 1 aromatic rings. The first-order chi connectivity index (χ1) is 9.59. The van der Waals surface area contributed by atoms with Gasteiger partial charge in [0.1, 0.15) is 6.04 Å². The molecular formula is C15H26N4O. The summed E-state index contributed by atoms with van der Waals surface area (Å²) in [5, 5.41) is 6.37. The summed E-state index contributed by atoms with van der Waals surface area (Å²) >= 11 is 0. The van der Waals surface area contributed by atoms with E-state index >= 15 is 0 Å². The van der Waals surface area contributed by atoms with Crippen LogP contribution in [-0.4, -0.2) is 35.1 Å². The van der Waals surface area contributed by atoms with Crippen LogP contribution >= 0.6 is 0 Å². The summed E-state index contributed by atoms with van der Waals surface area (Å²) in [5.41, 5.74) is 1.19. The maximum atomic E-state index is 12.2. The number of amides is 1. The second-order valence-corrected chi connectivity index (χ2v) is 6.07. The quantitative estimate of drug-likeness (QED) is 0.861. The van der Waals surface area contributed by atoms with Crippen molar-refractivity contribution < 1.29 is 4.79 Å². The lowest BCUT2D eigenvalue weighted by atomic mass is 9.94. The van der Waals surface area contributed by atoms with Crippen molar-refractivity contribution in [3.8, 4) is 0 Å². The van der Waals surface area contributed by atoms with Crippen molar-refractivity contribution >= 4 is 5.91 Å². The topological polar surface area (TPSA) is 59.0 Å². The zero-order chi connectivity index (χ0) is 14.5. The molecule has 20 heavy (non-hydrogen) atoms. The molecule has 2 N–H and O–H groups in total. The monoisotopic (exact) mass is 278 g/mol. The standard InChI is InChI=1S/C15H26N4O/c1-11(2)8-18-15(20)12(3)19-10-17-9-14(19)13-4-6-16-7-5-13/h9-13,16H,4-8H2,1-3H3,(H,18,20). The molecule has 1 unspecified atom stereocenters. The molecular weight excluding hydrogens is 252 g/mol. The van der Waals surface area contributed by atoms with E-state index in [1.165, 1.54) is 5.69 Å². The van der Waals surface area contributed by atoms with E-state index in [-0.39, 0.29) is 11.9 Å². The molecule has 0 bridgehead atoms. The predicted octanol–water partition coefficient (Wildman–Crippen LogP) is 1.68. The number of carbonyl (C=O) groups is 1. The Morgan fingerprint density at radius 2 is 2.15 bits per heavy atom. The number of nitrogens with one attached hydrogen (secondary N) is 2. The molecule has 0 radical (unpaired) electrons. The van der Waals surface area contributed by atoms with Crippen LogP contribution in [0.5, 0.6) is 0 Å². The summed E-state index contributed by atoms with van der Waals surface area (Å²) in [4.78, 5) is 16.5. The van der Waals surface area contributed by atoms with Gasteiger partial charge in [-0.1, -0.05) is 13.8 Å². The van der Waals surface area contributed by atoms with Crippen LogP contribution in [0.4, 0.5) is 0 Å². The summed E-state index contributed by atoms with van der Waals surface area (Å²) < 4.78 is 2.03. The first-order valence-electron chi connectivity index (χ1n) is 7.59. The van der Waals surface area contributed by atoms with Crippen LogP contribution < -0.4 is 10.6 Å². The highest BCUT2D eigenvalue weighted by Crippen LogP contribution is 2.26. The maximum Gasteiger partial charge on any atom is 0.242 e. The smallest absolute Gasteiger partial charge is 0.242 e. The van der Waals surface area contributed by atoms with Gasteiger partial charge in [0.2, 0.25) is 5.91 Å². The number of carbonyl (C=O) groups excluding carboxylic acids is 1. The molecule has 0 saturated carbocycles. The minimum absolute atomic E-state index is 0.0758. The Kier molecular flexibility index (Phi) is 5.17. The molecule has 1 aromatic heterocycles. The molecule has 0 spiro atoms. The minimum Gasteiger partial charge on any atom is -0.354 e. The molecule has 2 heterocycles. The number of nitrogens with zero attached hydrogens (tertiary/aromatic N) is 2. The molecule has 0 aliphatic carbocycles. The maximum absolute atomic E-state index is 12.2. The van der Waals surface area contributed by atoms with Gasteiger partial charge >= 0.3 is 0 Å². The Hall–Kier alpha value is -1.36. The summed E-state index contributed by atoms with van der Waals surface area (Å²) in [6.07, 6.45) is 5.94. The first kappa shape index (κ1) is 15.0. The van der Waals surface area contributed by atoms with Gasteiger partial charge in [-0.2, -0.15) is 0 Å². The molecule has 2 rings (SSSR count). The van der Waals surface area contributed by atoms with Crippen LogP contribution in [0, 0.1) is 5.92 Å². The van der Waals surface area contributed by atoms with Gasteiger partial charge in [-0.3, -0.25) is 4.79 Å². The van der Waals surface area contributed by atoms with Crippen LogP contribution in [0.2, 0.25) is 0 Å². The van der Waals surface area contributed by atoms with Gasteiger partial charge in [-0.05, 0) is 38.8 Å². The molecule has 1 fully saturated rings. The third-order valence-electron chi connectivity index (χ3n) is 3.93. The number of piperidine rings is 1. The number of aromatic nitrogens is 2. The van der Waals surface area contributed by atoms with Crippen molar-refractivity contribution in [3.05, 3.63) is 18.2 Å². The Bertz CT molecular complexity index is 435. The average molecular weight is 278 g/mol. The van der Waals surface area contributed by atoms with Gasteiger partial charge in [0.25, 0.3) is 0 Å². The fourth-order valence-electron chi connectivity index (χ4n) is 2.65. The number of hydrogen-bond donors (Lipinski definition) is 2. The van der Waals surface area contributed by atoms with E-state index in [9.17, 15) is 4.79 Å². The van der Waals surface area contributed by atoms with E-state index in [0.29, 0.717) is 11.8 Å².